The molecule has 0 bridgehead atoms. The number of thiophene rings is 1. The minimum atomic E-state index is -0.244. The quantitative estimate of drug-likeness (QED) is 0.681. The summed E-state index contributed by atoms with van der Waals surface area (Å²) in [5.74, 6) is 0. The molecule has 0 aliphatic carbocycles. The highest BCUT2D eigenvalue weighted by Crippen LogP contribution is 2.29. The van der Waals surface area contributed by atoms with Crippen molar-refractivity contribution in [1.82, 2.24) is 0 Å². The Kier molecular flexibility index (Phi) is 6.07. The van der Waals surface area contributed by atoms with E-state index in [2.05, 4.69) is 26.8 Å². The Bertz CT molecular complexity index is 304. The number of aryl methyl sites for hydroxylation is 2. The lowest BCUT2D eigenvalue weighted by Crippen LogP contribution is -1.97. The zero-order valence-electron chi connectivity index (χ0n) is 10.8. The molecule has 2 heteroatoms. The standard InChI is InChI=1S/C14H24OS/c1-4-5-6-7-8-9-14(15)13-10-11(2)16-12(13)3/h10,14-15H,4-9H2,1-3H3. The molecule has 0 aliphatic rings. The van der Waals surface area contributed by atoms with Gasteiger partial charge in [-0.2, -0.15) is 0 Å². The molecule has 0 aromatic carbocycles. The second-order valence-corrected chi connectivity index (χ2v) is 6.05. The van der Waals surface area contributed by atoms with E-state index in [1.54, 1.807) is 11.3 Å². The highest BCUT2D eigenvalue weighted by molar-refractivity contribution is 7.12. The summed E-state index contributed by atoms with van der Waals surface area (Å²) in [5, 5.41) is 10.1. The number of aliphatic hydroxyl groups excluding tert-OH is 1. The van der Waals surface area contributed by atoms with Crippen molar-refractivity contribution in [2.75, 3.05) is 0 Å². The third-order valence-corrected chi connectivity index (χ3v) is 4.00. The molecule has 16 heavy (non-hydrogen) atoms. The second kappa shape index (κ2) is 7.08. The molecule has 1 atom stereocenters. The van der Waals surface area contributed by atoms with Crippen molar-refractivity contribution in [2.45, 2.75) is 65.4 Å². The zero-order chi connectivity index (χ0) is 12.0. The van der Waals surface area contributed by atoms with Gasteiger partial charge in [0.15, 0.2) is 0 Å². The topological polar surface area (TPSA) is 20.2 Å². The van der Waals surface area contributed by atoms with E-state index in [0.717, 1.165) is 18.4 Å². The molecule has 1 unspecified atom stereocenters. The fraction of sp³-hybridized carbons (Fsp3) is 0.714. The Morgan fingerprint density at radius 1 is 1.19 bits per heavy atom. The number of aliphatic hydroxyl groups is 1. The molecule has 92 valence electrons. The molecule has 0 saturated heterocycles. The van der Waals surface area contributed by atoms with Crippen LogP contribution in [0.4, 0.5) is 0 Å². The molecule has 0 saturated carbocycles. The van der Waals surface area contributed by atoms with Crippen LogP contribution < -0.4 is 0 Å². The number of hydrogen-bond acceptors (Lipinski definition) is 2. The average Bonchev–Trinajstić information content (AvgIpc) is 2.57. The molecule has 0 amide bonds. The van der Waals surface area contributed by atoms with Crippen LogP contribution in [0.3, 0.4) is 0 Å². The molecular weight excluding hydrogens is 216 g/mol. The Morgan fingerprint density at radius 3 is 2.44 bits per heavy atom. The molecule has 1 rings (SSSR count). The van der Waals surface area contributed by atoms with Crippen LogP contribution in [-0.4, -0.2) is 5.11 Å². The fourth-order valence-corrected chi connectivity index (χ4v) is 3.06. The number of rotatable bonds is 7. The van der Waals surface area contributed by atoms with Crippen LogP contribution in [0, 0.1) is 13.8 Å². The molecule has 0 spiro atoms. The summed E-state index contributed by atoms with van der Waals surface area (Å²) in [6.45, 7) is 6.44. The third-order valence-electron chi connectivity index (χ3n) is 3.02. The Labute approximate surface area is 104 Å². The van der Waals surface area contributed by atoms with E-state index in [4.69, 9.17) is 0 Å². The Balaban J connectivity index is 2.29. The summed E-state index contributed by atoms with van der Waals surface area (Å²) in [7, 11) is 0. The van der Waals surface area contributed by atoms with E-state index in [-0.39, 0.29) is 6.10 Å². The molecular formula is C14H24OS. The summed E-state index contributed by atoms with van der Waals surface area (Å²) in [4.78, 5) is 2.58. The lowest BCUT2D eigenvalue weighted by atomic mass is 10.0. The van der Waals surface area contributed by atoms with Crippen molar-refractivity contribution in [1.29, 1.82) is 0 Å². The van der Waals surface area contributed by atoms with Crippen LogP contribution >= 0.6 is 11.3 Å². The van der Waals surface area contributed by atoms with Gasteiger partial charge in [0.1, 0.15) is 0 Å². The predicted molar refractivity (Wildman–Crippen MR) is 72.1 cm³/mol. The Hall–Kier alpha value is -0.340. The normalized spacial score (nSPS) is 13.0. The summed E-state index contributed by atoms with van der Waals surface area (Å²) in [6, 6.07) is 2.14. The van der Waals surface area contributed by atoms with E-state index < -0.39 is 0 Å². The molecule has 0 fully saturated rings. The maximum atomic E-state index is 10.1. The molecule has 1 nitrogen and oxygen atoms in total. The molecule has 1 aromatic heterocycles. The van der Waals surface area contributed by atoms with Crippen molar-refractivity contribution >= 4 is 11.3 Å². The molecule has 0 aliphatic heterocycles. The van der Waals surface area contributed by atoms with Crippen molar-refractivity contribution < 1.29 is 5.11 Å². The van der Waals surface area contributed by atoms with Crippen LogP contribution in [0.5, 0.6) is 0 Å². The lowest BCUT2D eigenvalue weighted by Gasteiger charge is -2.09. The summed E-state index contributed by atoms with van der Waals surface area (Å²) in [5.41, 5.74) is 1.15. The molecule has 0 radical (unpaired) electrons. The van der Waals surface area contributed by atoms with Crippen LogP contribution in [0.2, 0.25) is 0 Å². The van der Waals surface area contributed by atoms with E-state index in [1.807, 2.05) is 0 Å². The van der Waals surface area contributed by atoms with E-state index in [0.29, 0.717) is 0 Å². The highest BCUT2D eigenvalue weighted by Gasteiger charge is 2.12. The first-order chi connectivity index (χ1) is 7.65. The van der Waals surface area contributed by atoms with Crippen molar-refractivity contribution in [2.24, 2.45) is 0 Å². The van der Waals surface area contributed by atoms with Gasteiger partial charge < -0.3 is 5.11 Å². The van der Waals surface area contributed by atoms with Gasteiger partial charge in [-0.3, -0.25) is 0 Å². The van der Waals surface area contributed by atoms with E-state index in [1.165, 1.54) is 35.4 Å². The van der Waals surface area contributed by atoms with E-state index in [9.17, 15) is 5.11 Å². The van der Waals surface area contributed by atoms with Gasteiger partial charge in [-0.1, -0.05) is 39.0 Å². The van der Waals surface area contributed by atoms with Gasteiger partial charge in [0, 0.05) is 9.75 Å². The summed E-state index contributed by atoms with van der Waals surface area (Å²) < 4.78 is 0. The van der Waals surface area contributed by atoms with E-state index >= 15 is 0 Å². The van der Waals surface area contributed by atoms with Gasteiger partial charge in [0.2, 0.25) is 0 Å². The summed E-state index contributed by atoms with van der Waals surface area (Å²) in [6.07, 6.45) is 7.00. The van der Waals surface area contributed by atoms with Gasteiger partial charge in [-0.25, -0.2) is 0 Å². The largest absolute Gasteiger partial charge is 0.388 e. The maximum absolute atomic E-state index is 10.1. The zero-order valence-corrected chi connectivity index (χ0v) is 11.6. The van der Waals surface area contributed by atoms with Crippen LogP contribution in [-0.2, 0) is 0 Å². The molecule has 1 aromatic rings. The number of unbranched alkanes of at least 4 members (excludes halogenated alkanes) is 4. The van der Waals surface area contributed by atoms with Crippen LogP contribution in [0.15, 0.2) is 6.07 Å². The van der Waals surface area contributed by atoms with Gasteiger partial charge in [-0.05, 0) is 31.9 Å². The second-order valence-electron chi connectivity index (χ2n) is 4.59. The van der Waals surface area contributed by atoms with Crippen LogP contribution in [0.25, 0.3) is 0 Å². The van der Waals surface area contributed by atoms with Gasteiger partial charge >= 0.3 is 0 Å². The highest BCUT2D eigenvalue weighted by atomic mass is 32.1. The summed E-state index contributed by atoms with van der Waals surface area (Å²) >= 11 is 1.78. The Morgan fingerprint density at radius 2 is 1.88 bits per heavy atom. The minimum Gasteiger partial charge on any atom is -0.388 e. The van der Waals surface area contributed by atoms with Crippen molar-refractivity contribution in [3.8, 4) is 0 Å². The third kappa shape index (κ3) is 4.26. The van der Waals surface area contributed by atoms with Gasteiger partial charge in [-0.15, -0.1) is 11.3 Å². The first kappa shape index (κ1) is 13.7. The SMILES string of the molecule is CCCCCCCC(O)c1cc(C)sc1C. The van der Waals surface area contributed by atoms with Crippen molar-refractivity contribution in [3.05, 3.63) is 21.4 Å². The molecule has 1 N–H and O–H groups in total. The molecule has 1 heterocycles. The van der Waals surface area contributed by atoms with Gasteiger partial charge in [0.05, 0.1) is 6.10 Å². The minimum absolute atomic E-state index is 0.244. The van der Waals surface area contributed by atoms with Crippen LogP contribution in [0.1, 0.15) is 66.9 Å². The lowest BCUT2D eigenvalue weighted by molar-refractivity contribution is 0.163. The predicted octanol–water partition coefficient (Wildman–Crippen LogP) is 4.76. The first-order valence-corrected chi connectivity index (χ1v) is 7.21. The first-order valence-electron chi connectivity index (χ1n) is 6.40. The monoisotopic (exact) mass is 240 g/mol. The van der Waals surface area contributed by atoms with Gasteiger partial charge in [0.25, 0.3) is 0 Å². The average molecular weight is 240 g/mol. The maximum Gasteiger partial charge on any atom is 0.0800 e. The number of hydrogen-bond donors (Lipinski definition) is 1. The van der Waals surface area contributed by atoms with Crippen molar-refractivity contribution in [3.63, 3.8) is 0 Å². The fourth-order valence-electron chi connectivity index (χ4n) is 2.08. The smallest absolute Gasteiger partial charge is 0.0800 e.